The number of pyridine rings is 1. The Hall–Kier alpha value is -3.15. The van der Waals surface area contributed by atoms with Gasteiger partial charge in [0.15, 0.2) is 5.69 Å². The van der Waals surface area contributed by atoms with Gasteiger partial charge in [-0.1, -0.05) is 30.3 Å². The maximum absolute atomic E-state index is 11.9. The maximum atomic E-state index is 11.9. The summed E-state index contributed by atoms with van der Waals surface area (Å²) in [7, 11) is 1.25. The van der Waals surface area contributed by atoms with Crippen molar-refractivity contribution in [1.82, 2.24) is 9.38 Å². The van der Waals surface area contributed by atoms with Crippen LogP contribution in [0.1, 0.15) is 20.8 Å². The minimum atomic E-state index is -1.20. The molecular formula is C16H12N2O4. The van der Waals surface area contributed by atoms with Crippen molar-refractivity contribution < 1.29 is 19.4 Å². The van der Waals surface area contributed by atoms with Crippen molar-refractivity contribution in [1.29, 1.82) is 0 Å². The summed E-state index contributed by atoms with van der Waals surface area (Å²) in [6.07, 6.45) is 1.67. The molecule has 0 radical (unpaired) electrons. The molecule has 3 rings (SSSR count). The van der Waals surface area contributed by atoms with E-state index in [4.69, 9.17) is 4.74 Å². The SMILES string of the molecule is COC(=O)c1cccn2c(-c3ccccc3)nc(C(=O)O)c12. The molecule has 0 aliphatic heterocycles. The second kappa shape index (κ2) is 5.33. The molecule has 2 aromatic heterocycles. The fourth-order valence-electron chi connectivity index (χ4n) is 2.35. The second-order valence-electron chi connectivity index (χ2n) is 4.59. The van der Waals surface area contributed by atoms with Crippen LogP contribution < -0.4 is 0 Å². The number of rotatable bonds is 3. The highest BCUT2D eigenvalue weighted by molar-refractivity contribution is 6.05. The topological polar surface area (TPSA) is 80.9 Å². The van der Waals surface area contributed by atoms with Gasteiger partial charge in [-0.25, -0.2) is 14.6 Å². The number of aromatic nitrogens is 2. The number of hydrogen-bond acceptors (Lipinski definition) is 4. The minimum Gasteiger partial charge on any atom is -0.476 e. The van der Waals surface area contributed by atoms with Crippen LogP contribution in [-0.2, 0) is 4.74 Å². The van der Waals surface area contributed by atoms with E-state index in [0.717, 1.165) is 5.56 Å². The van der Waals surface area contributed by atoms with E-state index in [9.17, 15) is 14.7 Å². The number of fused-ring (bicyclic) bond motifs is 1. The van der Waals surface area contributed by atoms with Crippen LogP contribution in [0.4, 0.5) is 0 Å². The van der Waals surface area contributed by atoms with Crippen molar-refractivity contribution >= 4 is 17.5 Å². The quantitative estimate of drug-likeness (QED) is 0.751. The Kier molecular flexibility index (Phi) is 3.34. The number of benzene rings is 1. The van der Waals surface area contributed by atoms with Gasteiger partial charge < -0.3 is 9.84 Å². The molecule has 1 N–H and O–H groups in total. The van der Waals surface area contributed by atoms with Crippen molar-refractivity contribution in [2.45, 2.75) is 0 Å². The van der Waals surface area contributed by atoms with Gasteiger partial charge in [0.05, 0.1) is 18.2 Å². The number of methoxy groups -OCH3 is 1. The standard InChI is InChI=1S/C16H12N2O4/c1-22-16(21)11-8-5-9-18-13(11)12(15(19)20)17-14(18)10-6-3-2-4-7-10/h2-9H,1H3,(H,19,20). The first-order chi connectivity index (χ1) is 10.6. The minimum absolute atomic E-state index is 0.164. The van der Waals surface area contributed by atoms with Gasteiger partial charge in [-0.05, 0) is 12.1 Å². The van der Waals surface area contributed by atoms with Gasteiger partial charge in [0, 0.05) is 11.8 Å². The van der Waals surface area contributed by atoms with E-state index in [1.165, 1.54) is 13.2 Å². The Labute approximate surface area is 125 Å². The van der Waals surface area contributed by atoms with Crippen LogP contribution in [0, 0.1) is 0 Å². The number of esters is 1. The number of carbonyl (C=O) groups excluding carboxylic acids is 1. The fourth-order valence-corrected chi connectivity index (χ4v) is 2.35. The zero-order chi connectivity index (χ0) is 15.7. The van der Waals surface area contributed by atoms with Gasteiger partial charge in [-0.15, -0.1) is 0 Å². The van der Waals surface area contributed by atoms with E-state index >= 15 is 0 Å². The van der Waals surface area contributed by atoms with E-state index < -0.39 is 11.9 Å². The summed E-state index contributed by atoms with van der Waals surface area (Å²) in [5, 5.41) is 9.39. The second-order valence-corrected chi connectivity index (χ2v) is 4.59. The number of hydrogen-bond donors (Lipinski definition) is 1. The average molecular weight is 296 g/mol. The van der Waals surface area contributed by atoms with Gasteiger partial charge in [0.2, 0.25) is 0 Å². The van der Waals surface area contributed by atoms with Gasteiger partial charge in [-0.3, -0.25) is 4.40 Å². The van der Waals surface area contributed by atoms with Crippen molar-refractivity contribution in [3.8, 4) is 11.4 Å². The number of carboxylic acids is 1. The molecule has 0 saturated carbocycles. The lowest BCUT2D eigenvalue weighted by Crippen LogP contribution is -2.06. The van der Waals surface area contributed by atoms with E-state index in [2.05, 4.69) is 4.98 Å². The Morgan fingerprint density at radius 2 is 1.86 bits per heavy atom. The predicted octanol–water partition coefficient (Wildman–Crippen LogP) is 2.49. The summed E-state index contributed by atoms with van der Waals surface area (Å²) >= 11 is 0. The molecule has 0 aliphatic carbocycles. The summed E-state index contributed by atoms with van der Waals surface area (Å²) in [5.74, 6) is -1.35. The number of imidazole rings is 1. The van der Waals surface area contributed by atoms with Crippen LogP contribution in [0.3, 0.4) is 0 Å². The van der Waals surface area contributed by atoms with E-state index in [1.807, 2.05) is 30.3 Å². The molecule has 2 heterocycles. The molecule has 3 aromatic rings. The van der Waals surface area contributed by atoms with E-state index in [1.54, 1.807) is 16.7 Å². The smallest absolute Gasteiger partial charge is 0.356 e. The zero-order valence-electron chi connectivity index (χ0n) is 11.7. The number of carboxylic acid groups (broad SMARTS) is 1. The summed E-state index contributed by atoms with van der Waals surface area (Å²) in [5.41, 5.74) is 0.963. The molecule has 6 nitrogen and oxygen atoms in total. The van der Waals surface area contributed by atoms with Crippen molar-refractivity contribution in [3.63, 3.8) is 0 Å². The van der Waals surface area contributed by atoms with Crippen LogP contribution in [-0.4, -0.2) is 33.5 Å². The van der Waals surface area contributed by atoms with Crippen LogP contribution in [0.2, 0.25) is 0 Å². The third-order valence-electron chi connectivity index (χ3n) is 3.30. The fraction of sp³-hybridized carbons (Fsp3) is 0.0625. The van der Waals surface area contributed by atoms with Crippen LogP contribution in [0.25, 0.3) is 16.9 Å². The van der Waals surface area contributed by atoms with Crippen molar-refractivity contribution in [2.24, 2.45) is 0 Å². The summed E-state index contributed by atoms with van der Waals surface area (Å²) < 4.78 is 6.31. The zero-order valence-corrected chi connectivity index (χ0v) is 11.7. The highest BCUT2D eigenvalue weighted by atomic mass is 16.5. The van der Waals surface area contributed by atoms with Crippen molar-refractivity contribution in [3.05, 3.63) is 59.9 Å². The predicted molar refractivity (Wildman–Crippen MR) is 78.9 cm³/mol. The molecule has 0 fully saturated rings. The number of ether oxygens (including phenoxy) is 1. The lowest BCUT2D eigenvalue weighted by atomic mass is 10.2. The molecule has 0 bridgehead atoms. The molecule has 0 amide bonds. The number of nitrogens with zero attached hydrogens (tertiary/aromatic N) is 2. The van der Waals surface area contributed by atoms with Gasteiger partial charge in [0.1, 0.15) is 5.82 Å². The lowest BCUT2D eigenvalue weighted by Gasteiger charge is -2.04. The van der Waals surface area contributed by atoms with Crippen LogP contribution in [0.15, 0.2) is 48.7 Å². The highest BCUT2D eigenvalue weighted by Crippen LogP contribution is 2.25. The molecule has 110 valence electrons. The largest absolute Gasteiger partial charge is 0.476 e. The maximum Gasteiger partial charge on any atom is 0.356 e. The van der Waals surface area contributed by atoms with Gasteiger partial charge in [-0.2, -0.15) is 0 Å². The summed E-state index contributed by atoms with van der Waals surface area (Å²) in [6.45, 7) is 0. The van der Waals surface area contributed by atoms with Gasteiger partial charge >= 0.3 is 11.9 Å². The molecule has 6 heteroatoms. The van der Waals surface area contributed by atoms with Crippen LogP contribution >= 0.6 is 0 Å². The Morgan fingerprint density at radius 3 is 2.50 bits per heavy atom. The molecule has 0 aliphatic rings. The van der Waals surface area contributed by atoms with E-state index in [0.29, 0.717) is 5.82 Å². The third kappa shape index (κ3) is 2.10. The molecule has 0 saturated heterocycles. The van der Waals surface area contributed by atoms with E-state index in [-0.39, 0.29) is 16.8 Å². The molecule has 0 spiro atoms. The molecule has 0 unspecified atom stereocenters. The normalized spacial score (nSPS) is 10.6. The first-order valence-electron chi connectivity index (χ1n) is 6.51. The average Bonchev–Trinajstić information content (AvgIpc) is 2.95. The first kappa shape index (κ1) is 13.8. The van der Waals surface area contributed by atoms with Crippen molar-refractivity contribution in [2.75, 3.05) is 7.11 Å². The Morgan fingerprint density at radius 1 is 1.14 bits per heavy atom. The monoisotopic (exact) mass is 296 g/mol. The molecular weight excluding hydrogens is 284 g/mol. The molecule has 1 aromatic carbocycles. The van der Waals surface area contributed by atoms with Gasteiger partial charge in [0.25, 0.3) is 0 Å². The van der Waals surface area contributed by atoms with Crippen LogP contribution in [0.5, 0.6) is 0 Å². The lowest BCUT2D eigenvalue weighted by molar-refractivity contribution is 0.0602. The first-order valence-corrected chi connectivity index (χ1v) is 6.51. The number of aromatic carboxylic acids is 1. The number of carbonyl (C=O) groups is 2. The Bertz CT molecular complexity index is 868. The summed E-state index contributed by atoms with van der Waals surface area (Å²) in [4.78, 5) is 27.6. The highest BCUT2D eigenvalue weighted by Gasteiger charge is 2.23. The third-order valence-corrected chi connectivity index (χ3v) is 3.30. The molecule has 0 atom stereocenters. The molecule has 22 heavy (non-hydrogen) atoms. The Balaban J connectivity index is 2.38. The summed E-state index contributed by atoms with van der Waals surface area (Å²) in [6, 6.07) is 12.3.